The molecule has 2 aromatic rings. The van der Waals surface area contributed by atoms with Gasteiger partial charge in [-0.25, -0.2) is 4.79 Å². The van der Waals surface area contributed by atoms with E-state index in [9.17, 15) is 14.4 Å². The van der Waals surface area contributed by atoms with E-state index < -0.39 is 12.1 Å². The second-order valence-electron chi connectivity index (χ2n) is 7.72. The molecule has 2 atom stereocenters. The highest BCUT2D eigenvalue weighted by molar-refractivity contribution is 9.10. The van der Waals surface area contributed by atoms with Crippen molar-refractivity contribution in [3.05, 3.63) is 64.6 Å². The first-order chi connectivity index (χ1) is 15.5. The van der Waals surface area contributed by atoms with Gasteiger partial charge in [0.2, 0.25) is 5.91 Å². The Morgan fingerprint density at radius 3 is 2.53 bits per heavy atom. The lowest BCUT2D eigenvalue weighted by Gasteiger charge is -2.34. The molecule has 1 saturated heterocycles. The van der Waals surface area contributed by atoms with Crippen molar-refractivity contribution in [1.82, 2.24) is 10.2 Å². The summed E-state index contributed by atoms with van der Waals surface area (Å²) in [5, 5.41) is 5.60. The molecule has 1 heterocycles. The molecule has 0 aromatic heterocycles. The first-order valence-electron chi connectivity index (χ1n) is 10.8. The lowest BCUT2D eigenvalue weighted by Crippen LogP contribution is -2.53. The molecule has 0 saturated carbocycles. The van der Waals surface area contributed by atoms with E-state index in [4.69, 9.17) is 4.74 Å². The lowest BCUT2D eigenvalue weighted by atomic mass is 9.96. The fraction of sp³-hybridized carbons (Fsp3) is 0.375. The van der Waals surface area contributed by atoms with Gasteiger partial charge in [0.15, 0.2) is 0 Å². The van der Waals surface area contributed by atoms with E-state index in [0.717, 1.165) is 16.5 Å². The SMILES string of the molecule is CCOC(=O)[C@@H]1CCCN(C(=O)[C@H](Cc2ccccc2)NC(=O)Nc2ccc(Br)cc2)C1. The van der Waals surface area contributed by atoms with Gasteiger partial charge >= 0.3 is 12.0 Å². The van der Waals surface area contributed by atoms with Crippen molar-refractivity contribution in [1.29, 1.82) is 0 Å². The summed E-state index contributed by atoms with van der Waals surface area (Å²) in [5.74, 6) is -0.805. The molecule has 3 rings (SSSR count). The van der Waals surface area contributed by atoms with Crippen LogP contribution < -0.4 is 10.6 Å². The van der Waals surface area contributed by atoms with E-state index in [1.165, 1.54) is 0 Å². The largest absolute Gasteiger partial charge is 0.466 e. The number of amides is 3. The van der Waals surface area contributed by atoms with Gasteiger partial charge in [-0.15, -0.1) is 0 Å². The molecular weight excluding hydrogens is 474 g/mol. The molecule has 1 aliphatic rings. The molecule has 1 fully saturated rings. The van der Waals surface area contributed by atoms with E-state index in [1.807, 2.05) is 42.5 Å². The van der Waals surface area contributed by atoms with E-state index >= 15 is 0 Å². The first-order valence-corrected chi connectivity index (χ1v) is 11.6. The highest BCUT2D eigenvalue weighted by Gasteiger charge is 2.33. The Kier molecular flexibility index (Phi) is 8.67. The number of carbonyl (C=O) groups excluding carboxylic acids is 3. The maximum atomic E-state index is 13.4. The maximum absolute atomic E-state index is 13.4. The molecule has 2 N–H and O–H groups in total. The third kappa shape index (κ3) is 6.82. The molecule has 0 unspecified atom stereocenters. The average molecular weight is 502 g/mol. The number of likely N-dealkylation sites (tertiary alicyclic amines) is 1. The van der Waals surface area contributed by atoms with E-state index in [2.05, 4.69) is 26.6 Å². The average Bonchev–Trinajstić information content (AvgIpc) is 2.80. The molecule has 0 bridgehead atoms. The number of urea groups is 1. The molecule has 7 nitrogen and oxygen atoms in total. The summed E-state index contributed by atoms with van der Waals surface area (Å²) in [4.78, 5) is 39.9. The summed E-state index contributed by atoms with van der Waals surface area (Å²) in [6.07, 6.45) is 1.77. The van der Waals surface area contributed by atoms with Gasteiger partial charge in [-0.05, 0) is 49.6 Å². The van der Waals surface area contributed by atoms with Crippen LogP contribution in [0, 0.1) is 5.92 Å². The number of carbonyl (C=O) groups is 3. The van der Waals surface area contributed by atoms with Crippen LogP contribution in [0.4, 0.5) is 10.5 Å². The molecule has 170 valence electrons. The predicted molar refractivity (Wildman–Crippen MR) is 126 cm³/mol. The van der Waals surface area contributed by atoms with Crippen molar-refractivity contribution >= 4 is 39.5 Å². The molecule has 8 heteroatoms. The fourth-order valence-corrected chi connectivity index (χ4v) is 4.02. The quantitative estimate of drug-likeness (QED) is 0.561. The Hall–Kier alpha value is -2.87. The molecular formula is C24H28BrN3O4. The second kappa shape index (κ2) is 11.7. The van der Waals surface area contributed by atoms with Crippen molar-refractivity contribution in [3.63, 3.8) is 0 Å². The van der Waals surface area contributed by atoms with Gasteiger partial charge in [-0.2, -0.15) is 0 Å². The minimum Gasteiger partial charge on any atom is -0.466 e. The van der Waals surface area contributed by atoms with Crippen LogP contribution in [0.25, 0.3) is 0 Å². The van der Waals surface area contributed by atoms with E-state index in [1.54, 1.807) is 24.0 Å². The zero-order valence-corrected chi connectivity index (χ0v) is 19.6. The lowest BCUT2D eigenvalue weighted by molar-refractivity contribution is -0.151. The van der Waals surface area contributed by atoms with Gasteiger partial charge < -0.3 is 20.3 Å². The van der Waals surface area contributed by atoms with Gasteiger partial charge in [-0.1, -0.05) is 46.3 Å². The van der Waals surface area contributed by atoms with Crippen LogP contribution in [-0.2, 0) is 20.7 Å². The van der Waals surface area contributed by atoms with Crippen LogP contribution in [0.5, 0.6) is 0 Å². The Morgan fingerprint density at radius 1 is 1.12 bits per heavy atom. The third-order valence-electron chi connectivity index (χ3n) is 5.34. The molecule has 3 amide bonds. The predicted octanol–water partition coefficient (Wildman–Crippen LogP) is 3.98. The number of esters is 1. The van der Waals surface area contributed by atoms with Gasteiger partial charge in [0, 0.05) is 29.7 Å². The first kappa shape index (κ1) is 23.8. The van der Waals surface area contributed by atoms with Gasteiger partial charge in [0.25, 0.3) is 0 Å². The summed E-state index contributed by atoms with van der Waals surface area (Å²) < 4.78 is 6.05. The second-order valence-corrected chi connectivity index (χ2v) is 8.64. The number of hydrogen-bond acceptors (Lipinski definition) is 4. The maximum Gasteiger partial charge on any atom is 0.319 e. The zero-order valence-electron chi connectivity index (χ0n) is 18.1. The van der Waals surface area contributed by atoms with Gasteiger partial charge in [0.1, 0.15) is 6.04 Å². The Bertz CT molecular complexity index is 921. The molecule has 1 aliphatic heterocycles. The summed E-state index contributed by atoms with van der Waals surface area (Å²) >= 11 is 3.37. The number of nitrogens with one attached hydrogen (secondary N) is 2. The number of ether oxygens (including phenoxy) is 1. The topological polar surface area (TPSA) is 87.7 Å². The molecule has 2 aromatic carbocycles. The molecule has 32 heavy (non-hydrogen) atoms. The van der Waals surface area contributed by atoms with Crippen molar-refractivity contribution in [2.75, 3.05) is 25.0 Å². The summed E-state index contributed by atoms with van der Waals surface area (Å²) in [6, 6.07) is 15.5. The smallest absolute Gasteiger partial charge is 0.319 e. The summed E-state index contributed by atoms with van der Waals surface area (Å²) in [6.45, 7) is 2.94. The number of benzene rings is 2. The van der Waals surface area contributed by atoms with E-state index in [-0.39, 0.29) is 17.8 Å². The minimum absolute atomic E-state index is 0.200. The summed E-state index contributed by atoms with van der Waals surface area (Å²) in [5.41, 5.74) is 1.56. The Labute approximate surface area is 196 Å². The van der Waals surface area contributed by atoms with E-state index in [0.29, 0.717) is 38.2 Å². The normalized spacial score (nSPS) is 16.7. The highest BCUT2D eigenvalue weighted by atomic mass is 79.9. The van der Waals surface area contributed by atoms with Crippen LogP contribution in [0.1, 0.15) is 25.3 Å². The Morgan fingerprint density at radius 2 is 1.84 bits per heavy atom. The molecule has 0 radical (unpaired) electrons. The number of hydrogen-bond donors (Lipinski definition) is 2. The molecule has 0 aliphatic carbocycles. The van der Waals surface area contributed by atoms with Crippen molar-refractivity contribution < 1.29 is 19.1 Å². The minimum atomic E-state index is -0.756. The number of anilines is 1. The Balaban J connectivity index is 1.71. The van der Waals surface area contributed by atoms with Crippen molar-refractivity contribution in [2.45, 2.75) is 32.2 Å². The fourth-order valence-electron chi connectivity index (χ4n) is 3.76. The highest BCUT2D eigenvalue weighted by Crippen LogP contribution is 2.20. The summed E-state index contributed by atoms with van der Waals surface area (Å²) in [7, 11) is 0. The number of nitrogens with zero attached hydrogens (tertiary/aromatic N) is 1. The third-order valence-corrected chi connectivity index (χ3v) is 5.87. The zero-order chi connectivity index (χ0) is 22.9. The number of halogens is 1. The number of piperidine rings is 1. The van der Waals surface area contributed by atoms with Crippen LogP contribution in [0.3, 0.4) is 0 Å². The van der Waals surface area contributed by atoms with Crippen LogP contribution in [-0.4, -0.2) is 48.5 Å². The van der Waals surface area contributed by atoms with Gasteiger partial charge in [-0.3, -0.25) is 9.59 Å². The number of rotatable bonds is 7. The van der Waals surface area contributed by atoms with Crippen molar-refractivity contribution in [2.24, 2.45) is 5.92 Å². The van der Waals surface area contributed by atoms with Crippen LogP contribution in [0.15, 0.2) is 59.1 Å². The van der Waals surface area contributed by atoms with Crippen LogP contribution >= 0.6 is 15.9 Å². The van der Waals surface area contributed by atoms with Crippen LogP contribution in [0.2, 0.25) is 0 Å². The van der Waals surface area contributed by atoms with Crippen molar-refractivity contribution in [3.8, 4) is 0 Å². The molecule has 0 spiro atoms. The standard InChI is InChI=1S/C24H28BrN3O4/c1-2-32-23(30)18-9-6-14-28(16-18)22(29)21(15-17-7-4-3-5-8-17)27-24(31)26-20-12-10-19(25)11-13-20/h3-5,7-8,10-13,18,21H,2,6,9,14-16H2,1H3,(H2,26,27,31)/t18-,21+/m1/s1. The monoisotopic (exact) mass is 501 g/mol. The van der Waals surface area contributed by atoms with Gasteiger partial charge in [0.05, 0.1) is 12.5 Å².